The van der Waals surface area contributed by atoms with E-state index in [0.29, 0.717) is 22.9 Å². The van der Waals surface area contributed by atoms with Crippen LogP contribution in [-0.2, 0) is 14.8 Å². The normalized spacial score (nSPS) is 12.0. The van der Waals surface area contributed by atoms with Crippen molar-refractivity contribution < 1.29 is 22.7 Å². The first-order valence-corrected chi connectivity index (χ1v) is 12.5. The van der Waals surface area contributed by atoms with Crippen molar-refractivity contribution in [2.24, 2.45) is 0 Å². The third-order valence-corrected chi connectivity index (χ3v) is 7.23. The highest BCUT2D eigenvalue weighted by Gasteiger charge is 2.18. The van der Waals surface area contributed by atoms with Gasteiger partial charge < -0.3 is 14.8 Å². The Morgan fingerprint density at radius 3 is 2.24 bits per heavy atom. The van der Waals surface area contributed by atoms with Crippen LogP contribution in [-0.4, -0.2) is 33.8 Å². The third-order valence-electron chi connectivity index (χ3n) is 4.74. The van der Waals surface area contributed by atoms with Crippen LogP contribution in [0.1, 0.15) is 12.5 Å². The smallest absolute Gasteiger partial charge is 0.261 e. The van der Waals surface area contributed by atoms with Gasteiger partial charge in [0.25, 0.3) is 10.0 Å². The molecular formula is C24H26N2O5S2. The molecular weight excluding hydrogens is 460 g/mol. The quantitative estimate of drug-likeness (QED) is 0.417. The monoisotopic (exact) mass is 486 g/mol. The summed E-state index contributed by atoms with van der Waals surface area (Å²) >= 11 is 1.38. The molecule has 3 aromatic rings. The van der Waals surface area contributed by atoms with Gasteiger partial charge in [0, 0.05) is 16.3 Å². The van der Waals surface area contributed by atoms with Gasteiger partial charge in [-0.15, -0.1) is 11.8 Å². The van der Waals surface area contributed by atoms with Gasteiger partial charge in [-0.25, -0.2) is 8.42 Å². The average molecular weight is 487 g/mol. The molecule has 1 atom stereocenters. The number of sulfonamides is 1. The second kappa shape index (κ2) is 10.6. The molecule has 0 saturated heterocycles. The Hall–Kier alpha value is -3.17. The van der Waals surface area contributed by atoms with Crippen molar-refractivity contribution in [3.8, 4) is 11.5 Å². The molecule has 174 valence electrons. The fourth-order valence-corrected chi connectivity index (χ4v) is 4.98. The van der Waals surface area contributed by atoms with Crippen LogP contribution < -0.4 is 19.5 Å². The Labute approximate surface area is 198 Å². The van der Waals surface area contributed by atoms with E-state index in [-0.39, 0.29) is 10.8 Å². The number of methoxy groups -OCH3 is 2. The summed E-state index contributed by atoms with van der Waals surface area (Å²) in [4.78, 5) is 13.6. The molecule has 0 aliphatic rings. The number of hydrogen-bond donors (Lipinski definition) is 2. The van der Waals surface area contributed by atoms with Crippen LogP contribution in [0.4, 0.5) is 11.4 Å². The van der Waals surface area contributed by atoms with E-state index in [9.17, 15) is 13.2 Å². The van der Waals surface area contributed by atoms with E-state index in [1.807, 2.05) is 25.1 Å². The molecule has 0 radical (unpaired) electrons. The SMILES string of the molecule is COc1ccc(S[C@@H](C)C(=O)Nc2ccc(S(=O)(=O)Nc3cccc(C)c3)cc2)cc1OC. The molecule has 3 aromatic carbocycles. The molecule has 0 fully saturated rings. The summed E-state index contributed by atoms with van der Waals surface area (Å²) in [5.41, 5.74) is 1.95. The fraction of sp³-hybridized carbons (Fsp3) is 0.208. The minimum Gasteiger partial charge on any atom is -0.493 e. The van der Waals surface area contributed by atoms with Gasteiger partial charge in [-0.1, -0.05) is 12.1 Å². The van der Waals surface area contributed by atoms with Gasteiger partial charge in [-0.05, 0) is 74.0 Å². The van der Waals surface area contributed by atoms with Gasteiger partial charge in [0.05, 0.1) is 24.4 Å². The van der Waals surface area contributed by atoms with Gasteiger partial charge >= 0.3 is 0 Å². The first kappa shape index (κ1) is 24.5. The van der Waals surface area contributed by atoms with Gasteiger partial charge in [-0.3, -0.25) is 9.52 Å². The van der Waals surface area contributed by atoms with Crippen molar-refractivity contribution in [1.82, 2.24) is 0 Å². The molecule has 2 N–H and O–H groups in total. The van der Waals surface area contributed by atoms with Gasteiger partial charge in [-0.2, -0.15) is 0 Å². The van der Waals surface area contributed by atoms with E-state index in [0.717, 1.165) is 10.5 Å². The van der Waals surface area contributed by atoms with Gasteiger partial charge in [0.1, 0.15) is 0 Å². The third kappa shape index (κ3) is 6.43. The predicted molar refractivity (Wildman–Crippen MR) is 132 cm³/mol. The Balaban J connectivity index is 1.63. The van der Waals surface area contributed by atoms with E-state index < -0.39 is 15.3 Å². The van der Waals surface area contributed by atoms with E-state index in [1.54, 1.807) is 57.5 Å². The molecule has 33 heavy (non-hydrogen) atoms. The molecule has 0 aliphatic carbocycles. The molecule has 0 aliphatic heterocycles. The number of hydrogen-bond acceptors (Lipinski definition) is 6. The second-order valence-corrected chi connectivity index (χ2v) is 10.4. The number of nitrogens with one attached hydrogen (secondary N) is 2. The maximum absolute atomic E-state index is 12.6. The van der Waals surface area contributed by atoms with Crippen molar-refractivity contribution in [3.05, 3.63) is 72.3 Å². The first-order valence-electron chi connectivity index (χ1n) is 10.1. The van der Waals surface area contributed by atoms with Crippen LogP contribution in [0.15, 0.2) is 76.5 Å². The molecule has 0 unspecified atom stereocenters. The van der Waals surface area contributed by atoms with Crippen LogP contribution in [0.25, 0.3) is 0 Å². The average Bonchev–Trinajstić information content (AvgIpc) is 2.79. The van der Waals surface area contributed by atoms with Crippen LogP contribution in [0.2, 0.25) is 0 Å². The van der Waals surface area contributed by atoms with E-state index in [4.69, 9.17) is 9.47 Å². The van der Waals surface area contributed by atoms with E-state index in [1.165, 1.54) is 23.9 Å². The zero-order valence-corrected chi connectivity index (χ0v) is 20.4. The number of ether oxygens (including phenoxy) is 2. The Kier molecular flexibility index (Phi) is 7.88. The first-order chi connectivity index (χ1) is 15.7. The van der Waals surface area contributed by atoms with Crippen LogP contribution >= 0.6 is 11.8 Å². The molecule has 7 nitrogen and oxygen atoms in total. The lowest BCUT2D eigenvalue weighted by Crippen LogP contribution is -2.22. The zero-order valence-electron chi connectivity index (χ0n) is 18.8. The van der Waals surface area contributed by atoms with Crippen LogP contribution in [0, 0.1) is 6.92 Å². The highest BCUT2D eigenvalue weighted by atomic mass is 32.2. The minimum absolute atomic E-state index is 0.106. The topological polar surface area (TPSA) is 93.7 Å². The number of carbonyl (C=O) groups excluding carboxylic acids is 1. The lowest BCUT2D eigenvalue weighted by atomic mass is 10.2. The van der Waals surface area contributed by atoms with Crippen molar-refractivity contribution in [2.75, 3.05) is 24.3 Å². The Morgan fingerprint density at radius 1 is 0.909 bits per heavy atom. The molecule has 0 aromatic heterocycles. The van der Waals surface area contributed by atoms with Gasteiger partial charge in [0.2, 0.25) is 5.91 Å². The number of benzene rings is 3. The lowest BCUT2D eigenvalue weighted by Gasteiger charge is -2.14. The number of rotatable bonds is 9. The summed E-state index contributed by atoms with van der Waals surface area (Å²) in [6, 6.07) is 18.6. The highest BCUT2D eigenvalue weighted by molar-refractivity contribution is 8.00. The molecule has 9 heteroatoms. The standard InChI is InChI=1S/C24H26N2O5S2/c1-16-6-5-7-19(14-16)26-33(28,29)21-11-8-18(9-12-21)25-24(27)17(2)32-20-10-13-22(30-3)23(15-20)31-4/h5-15,17,26H,1-4H3,(H,25,27)/t17-/m0/s1. The highest BCUT2D eigenvalue weighted by Crippen LogP contribution is 2.33. The minimum atomic E-state index is -3.73. The van der Waals surface area contributed by atoms with Crippen molar-refractivity contribution in [3.63, 3.8) is 0 Å². The number of anilines is 2. The van der Waals surface area contributed by atoms with Crippen LogP contribution in [0.3, 0.4) is 0 Å². The molecule has 1 amide bonds. The predicted octanol–water partition coefficient (Wildman–Crippen LogP) is 4.93. The van der Waals surface area contributed by atoms with Gasteiger partial charge in [0.15, 0.2) is 11.5 Å². The number of thioether (sulfide) groups is 1. The van der Waals surface area contributed by atoms with Crippen LogP contribution in [0.5, 0.6) is 11.5 Å². The van der Waals surface area contributed by atoms with Crippen molar-refractivity contribution in [1.29, 1.82) is 0 Å². The lowest BCUT2D eigenvalue weighted by molar-refractivity contribution is -0.115. The summed E-state index contributed by atoms with van der Waals surface area (Å²) in [6.45, 7) is 3.68. The molecule has 0 bridgehead atoms. The summed E-state index contributed by atoms with van der Waals surface area (Å²) in [6.07, 6.45) is 0. The van der Waals surface area contributed by atoms with Crippen molar-refractivity contribution >= 4 is 39.1 Å². The molecule has 0 saturated carbocycles. The summed E-state index contributed by atoms with van der Waals surface area (Å²) in [5.74, 6) is 1.00. The molecule has 0 spiro atoms. The zero-order chi connectivity index (χ0) is 24.0. The number of carbonyl (C=O) groups is 1. The molecule has 3 rings (SSSR count). The second-order valence-electron chi connectivity index (χ2n) is 7.27. The molecule has 0 heterocycles. The summed E-state index contributed by atoms with van der Waals surface area (Å²) in [5, 5.41) is 2.42. The van der Waals surface area contributed by atoms with E-state index >= 15 is 0 Å². The number of amides is 1. The van der Waals surface area contributed by atoms with Crippen molar-refractivity contribution in [2.45, 2.75) is 28.9 Å². The number of aryl methyl sites for hydroxylation is 1. The largest absolute Gasteiger partial charge is 0.493 e. The Morgan fingerprint density at radius 2 is 1.61 bits per heavy atom. The summed E-state index contributed by atoms with van der Waals surface area (Å²) in [7, 11) is -0.610. The summed E-state index contributed by atoms with van der Waals surface area (Å²) < 4.78 is 38.4. The Bertz CT molecular complexity index is 1230. The fourth-order valence-electron chi connectivity index (χ4n) is 3.03. The van der Waals surface area contributed by atoms with E-state index in [2.05, 4.69) is 10.0 Å². The maximum Gasteiger partial charge on any atom is 0.261 e. The maximum atomic E-state index is 12.6.